The molecular formula is H3N7. The number of nitrogens with zero attached hydrogens (tertiary/aromatic N) is 5. The second-order valence-corrected chi connectivity index (χ2v) is 0.484. The van der Waals surface area contributed by atoms with Crippen molar-refractivity contribution < 1.29 is 0 Å². The van der Waals surface area contributed by atoms with E-state index >= 15 is 0 Å². The molecule has 0 aliphatic carbocycles. The maximum absolute atomic E-state index is 6.00. The second-order valence-electron chi connectivity index (χ2n) is 0.484. The summed E-state index contributed by atoms with van der Waals surface area (Å²) in [5.74, 6) is 4.47. The van der Waals surface area contributed by atoms with Crippen molar-refractivity contribution in [2.45, 2.75) is 0 Å². The zero-order valence-electron chi connectivity index (χ0n) is 3.31. The molecule has 0 rings (SSSR count). The van der Waals surface area contributed by atoms with Gasteiger partial charge in [0.1, 0.15) is 0 Å². The summed E-state index contributed by atoms with van der Waals surface area (Å²) in [6, 6.07) is 0. The maximum atomic E-state index is 6.00. The summed E-state index contributed by atoms with van der Waals surface area (Å²) in [5, 5.41) is 13.5. The zero-order chi connectivity index (χ0) is 5.54. The van der Waals surface area contributed by atoms with Crippen LogP contribution in [0.15, 0.2) is 26.1 Å². The predicted octanol–water partition coefficient (Wildman–Crippen LogP) is 0.625. The maximum Gasteiger partial charge on any atom is -0.000207 e. The van der Waals surface area contributed by atoms with Crippen LogP contribution in [-0.2, 0) is 0 Å². The van der Waals surface area contributed by atoms with Gasteiger partial charge in [-0.1, -0.05) is 5.22 Å². The fourth-order valence-electron chi connectivity index (χ4n) is 0.0610. The molecule has 0 aliphatic rings. The molecule has 7 heteroatoms. The van der Waals surface area contributed by atoms with Crippen molar-refractivity contribution in [1.29, 1.82) is 5.53 Å². The van der Waals surface area contributed by atoms with Crippen LogP contribution in [-0.4, -0.2) is 0 Å². The topological polar surface area (TPSA) is 112 Å². The van der Waals surface area contributed by atoms with E-state index in [0.29, 0.717) is 0 Å². The molecule has 0 amide bonds. The summed E-state index contributed by atoms with van der Waals surface area (Å²) in [6.45, 7) is 0. The van der Waals surface area contributed by atoms with Crippen LogP contribution in [0.25, 0.3) is 0 Å². The van der Waals surface area contributed by atoms with Gasteiger partial charge in [-0.05, 0) is 20.9 Å². The van der Waals surface area contributed by atoms with Crippen LogP contribution >= 0.6 is 0 Å². The van der Waals surface area contributed by atoms with Crippen LogP contribution in [0.5, 0.6) is 0 Å². The Balaban J connectivity index is 3.27. The first-order valence-corrected chi connectivity index (χ1v) is 1.28. The lowest BCUT2D eigenvalue weighted by Gasteiger charge is -1.62. The van der Waals surface area contributed by atoms with Crippen molar-refractivity contribution in [3.05, 3.63) is 0 Å². The lowest BCUT2D eigenvalue weighted by atomic mass is 12.4. The van der Waals surface area contributed by atoms with Crippen LogP contribution in [0.1, 0.15) is 0 Å². The molecular weight excluding hydrogens is 98.0 g/mol. The molecule has 0 atom stereocenters. The van der Waals surface area contributed by atoms with E-state index in [4.69, 9.17) is 5.53 Å². The molecule has 0 unspecified atom stereocenters. The molecule has 0 saturated heterocycles. The van der Waals surface area contributed by atoms with Crippen LogP contribution in [0.3, 0.4) is 0 Å². The lowest BCUT2D eigenvalue weighted by molar-refractivity contribution is 0.806. The Morgan fingerprint density at radius 1 is 1.14 bits per heavy atom. The van der Waals surface area contributed by atoms with Crippen molar-refractivity contribution >= 4 is 0 Å². The van der Waals surface area contributed by atoms with E-state index in [1.807, 2.05) is 0 Å². The normalized spacial score (nSPS) is 10.9. The summed E-state index contributed by atoms with van der Waals surface area (Å²) >= 11 is 0. The largest absolute Gasteiger partial charge is 0.303 e. The monoisotopic (exact) mass is 101 g/mol. The first-order chi connectivity index (χ1) is 3.41. The van der Waals surface area contributed by atoms with Crippen molar-refractivity contribution in [2.75, 3.05) is 0 Å². The molecule has 0 saturated carbocycles. The molecule has 0 aromatic heterocycles. The van der Waals surface area contributed by atoms with Crippen LogP contribution in [0.2, 0.25) is 0 Å². The Labute approximate surface area is 38.8 Å². The molecule has 3 N–H and O–H groups in total. The number of nitrogens with one attached hydrogen (secondary N) is 1. The van der Waals surface area contributed by atoms with E-state index in [9.17, 15) is 0 Å². The van der Waals surface area contributed by atoms with Gasteiger partial charge in [-0.25, -0.2) is 0 Å². The van der Waals surface area contributed by atoms with Crippen molar-refractivity contribution in [1.82, 2.24) is 0 Å². The summed E-state index contributed by atoms with van der Waals surface area (Å²) in [6.07, 6.45) is 0. The fourth-order valence-corrected chi connectivity index (χ4v) is 0.0610. The number of rotatable bonds is 2. The van der Waals surface area contributed by atoms with Gasteiger partial charge < -0.3 is 5.84 Å². The molecule has 0 aromatic carbocycles. The smallest absolute Gasteiger partial charge is 0.000207 e. The Bertz CT molecular complexity index is 86.2. The van der Waals surface area contributed by atoms with Gasteiger partial charge in [0.15, 0.2) is 0 Å². The third-order valence-electron chi connectivity index (χ3n) is 0.176. The third-order valence-corrected chi connectivity index (χ3v) is 0.176. The van der Waals surface area contributed by atoms with E-state index < -0.39 is 0 Å². The molecule has 0 aromatic rings. The molecule has 0 heterocycles. The highest BCUT2D eigenvalue weighted by atomic mass is 15.6. The molecule has 0 aliphatic heterocycles. The van der Waals surface area contributed by atoms with Crippen molar-refractivity contribution in [3.8, 4) is 0 Å². The first kappa shape index (κ1) is 5.60. The molecule has 7 nitrogen and oxygen atoms in total. The van der Waals surface area contributed by atoms with Crippen LogP contribution < -0.4 is 5.84 Å². The average Bonchev–Trinajstić information content (AvgIpc) is 1.69. The standard InChI is InChI=1S/H3N7/c1-3-5-7-6-4-2/h(H3,1,2,5,6). The quantitative estimate of drug-likeness (QED) is 0.296. The highest BCUT2D eigenvalue weighted by molar-refractivity contribution is 3.99. The van der Waals surface area contributed by atoms with E-state index in [2.05, 4.69) is 32.0 Å². The summed E-state index contributed by atoms with van der Waals surface area (Å²) in [7, 11) is 0. The van der Waals surface area contributed by atoms with Gasteiger partial charge >= 0.3 is 0 Å². The fraction of sp³-hybridized carbons (Fsp3) is 0. The zero-order valence-corrected chi connectivity index (χ0v) is 3.31. The second kappa shape index (κ2) is 4.60. The molecule has 0 radical (unpaired) electrons. The van der Waals surface area contributed by atoms with E-state index in [0.717, 1.165) is 0 Å². The molecule has 7 heavy (non-hydrogen) atoms. The minimum Gasteiger partial charge on any atom is -0.303 e. The van der Waals surface area contributed by atoms with Gasteiger partial charge in [-0.15, -0.1) is 0 Å². The van der Waals surface area contributed by atoms with E-state index in [1.165, 1.54) is 0 Å². The van der Waals surface area contributed by atoms with E-state index in [1.54, 1.807) is 0 Å². The lowest BCUT2D eigenvalue weighted by Crippen LogP contribution is -1.70. The van der Waals surface area contributed by atoms with E-state index in [-0.39, 0.29) is 0 Å². The van der Waals surface area contributed by atoms with Gasteiger partial charge in [0.05, 0.1) is 0 Å². The minimum atomic E-state index is 2.47. The van der Waals surface area contributed by atoms with Crippen LogP contribution in [0, 0.1) is 5.53 Å². The van der Waals surface area contributed by atoms with Crippen molar-refractivity contribution in [2.24, 2.45) is 32.0 Å². The first-order valence-electron chi connectivity index (χ1n) is 1.28. The highest BCUT2D eigenvalue weighted by Gasteiger charge is 1.56. The number of hydrogen-bond acceptors (Lipinski definition) is 2. The predicted molar refractivity (Wildman–Crippen MR) is 19.0 cm³/mol. The van der Waals surface area contributed by atoms with Crippen LogP contribution in [0.4, 0.5) is 0 Å². The molecule has 0 fully saturated rings. The number of nitrogens with two attached hydrogens (primary N) is 1. The summed E-state index contributed by atoms with van der Waals surface area (Å²) in [4.78, 5) is 0. The summed E-state index contributed by atoms with van der Waals surface area (Å²) < 4.78 is 0. The molecule has 0 spiro atoms. The SMILES string of the molecule is N=N/N=N/N=N/N. The van der Waals surface area contributed by atoms with Gasteiger partial charge in [0.2, 0.25) is 0 Å². The Kier molecular flexibility index (Phi) is 3.68. The minimum absolute atomic E-state index is 2.47. The molecule has 38 valence electrons. The van der Waals surface area contributed by atoms with Gasteiger partial charge in [-0.2, -0.15) is 5.53 Å². The summed E-state index contributed by atoms with van der Waals surface area (Å²) in [5.41, 5.74) is 6.00. The van der Waals surface area contributed by atoms with Crippen molar-refractivity contribution in [3.63, 3.8) is 0 Å². The van der Waals surface area contributed by atoms with Gasteiger partial charge in [0.25, 0.3) is 0 Å². The molecule has 0 bridgehead atoms. The third kappa shape index (κ3) is 4.60. The highest BCUT2D eigenvalue weighted by Crippen LogP contribution is 1.74. The Hall–Kier alpha value is -1.40. The number of hydrogen-bond donors (Lipinski definition) is 2. The van der Waals surface area contributed by atoms with Gasteiger partial charge in [-0.3, -0.25) is 0 Å². The van der Waals surface area contributed by atoms with Gasteiger partial charge in [0, 0.05) is 0 Å². The average molecular weight is 101 g/mol. The Morgan fingerprint density at radius 2 is 1.86 bits per heavy atom. The Morgan fingerprint density at radius 3 is 2.29 bits per heavy atom.